The Morgan fingerprint density at radius 2 is 2.00 bits per heavy atom. The van der Waals surface area contributed by atoms with Crippen molar-refractivity contribution in [3.05, 3.63) is 29.8 Å². The van der Waals surface area contributed by atoms with Crippen molar-refractivity contribution in [3.63, 3.8) is 0 Å². The third kappa shape index (κ3) is 2.07. The quantitative estimate of drug-likeness (QED) is 0.785. The van der Waals surface area contributed by atoms with Gasteiger partial charge in [0.2, 0.25) is 0 Å². The number of hydrogen-bond donors (Lipinski definition) is 1. The van der Waals surface area contributed by atoms with Crippen LogP contribution in [-0.2, 0) is 0 Å². The van der Waals surface area contributed by atoms with Crippen molar-refractivity contribution in [2.75, 3.05) is 18.0 Å². The first-order valence-corrected chi connectivity index (χ1v) is 6.07. The van der Waals surface area contributed by atoms with E-state index in [-0.39, 0.29) is 11.5 Å². The van der Waals surface area contributed by atoms with Crippen LogP contribution in [0, 0.1) is 12.3 Å². The minimum Gasteiger partial charge on any atom is -0.370 e. The molecule has 0 radical (unpaired) electrons. The van der Waals surface area contributed by atoms with Gasteiger partial charge in [-0.2, -0.15) is 0 Å². The Morgan fingerprint density at radius 1 is 1.31 bits per heavy atom. The highest BCUT2D eigenvalue weighted by Crippen LogP contribution is 2.32. The predicted octanol–water partition coefficient (Wildman–Crippen LogP) is 2.56. The summed E-state index contributed by atoms with van der Waals surface area (Å²) in [7, 11) is 0. The smallest absolute Gasteiger partial charge is 0.0396 e. The molecule has 1 unspecified atom stereocenters. The van der Waals surface area contributed by atoms with Crippen LogP contribution in [0.2, 0.25) is 0 Å². The number of nitrogens with two attached hydrogens (primary N) is 1. The number of anilines is 1. The maximum atomic E-state index is 6.25. The number of aryl methyl sites for hydroxylation is 1. The van der Waals surface area contributed by atoms with Crippen molar-refractivity contribution in [2.24, 2.45) is 11.1 Å². The summed E-state index contributed by atoms with van der Waals surface area (Å²) in [6, 6.07) is 8.82. The van der Waals surface area contributed by atoms with Gasteiger partial charge < -0.3 is 10.6 Å². The highest BCUT2D eigenvalue weighted by Gasteiger charge is 2.33. The molecule has 1 aliphatic heterocycles. The van der Waals surface area contributed by atoms with Crippen molar-refractivity contribution in [1.82, 2.24) is 0 Å². The normalized spacial score (nSPS) is 24.5. The number of para-hydroxylation sites is 1. The van der Waals surface area contributed by atoms with Crippen LogP contribution in [-0.4, -0.2) is 19.1 Å². The molecule has 88 valence electrons. The average molecular weight is 218 g/mol. The summed E-state index contributed by atoms with van der Waals surface area (Å²) in [5, 5.41) is 0. The molecular weight excluding hydrogens is 196 g/mol. The first-order chi connectivity index (χ1) is 7.50. The predicted molar refractivity (Wildman–Crippen MR) is 69.8 cm³/mol. The summed E-state index contributed by atoms with van der Waals surface area (Å²) >= 11 is 0. The first kappa shape index (κ1) is 11.5. The zero-order chi connectivity index (χ0) is 11.8. The summed E-state index contributed by atoms with van der Waals surface area (Å²) in [6.07, 6.45) is 1.17. The topological polar surface area (TPSA) is 29.3 Å². The molecule has 1 fully saturated rings. The first-order valence-electron chi connectivity index (χ1n) is 6.07. The van der Waals surface area contributed by atoms with Crippen LogP contribution in [0.3, 0.4) is 0 Å². The second-order valence-electron chi connectivity index (χ2n) is 5.58. The molecule has 1 heterocycles. The lowest BCUT2D eigenvalue weighted by molar-refractivity contribution is 0.235. The molecule has 0 amide bonds. The highest BCUT2D eigenvalue weighted by atomic mass is 15.2. The fraction of sp³-hybridized carbons (Fsp3) is 0.571. The fourth-order valence-electron chi connectivity index (χ4n) is 2.32. The molecule has 2 rings (SSSR count). The summed E-state index contributed by atoms with van der Waals surface area (Å²) in [6.45, 7) is 8.80. The lowest BCUT2D eigenvalue weighted by Gasteiger charge is -2.43. The van der Waals surface area contributed by atoms with E-state index >= 15 is 0 Å². The van der Waals surface area contributed by atoms with Crippen molar-refractivity contribution < 1.29 is 0 Å². The molecule has 0 aromatic heterocycles. The largest absolute Gasteiger partial charge is 0.370 e. The molecule has 2 N–H and O–H groups in total. The van der Waals surface area contributed by atoms with Crippen LogP contribution in [0.5, 0.6) is 0 Å². The monoisotopic (exact) mass is 218 g/mol. The summed E-state index contributed by atoms with van der Waals surface area (Å²) in [4.78, 5) is 2.42. The van der Waals surface area contributed by atoms with Gasteiger partial charge in [-0.1, -0.05) is 32.0 Å². The van der Waals surface area contributed by atoms with Gasteiger partial charge in [-0.15, -0.1) is 0 Å². The van der Waals surface area contributed by atoms with Crippen LogP contribution >= 0.6 is 0 Å². The Bertz CT molecular complexity index is 371. The van der Waals surface area contributed by atoms with Gasteiger partial charge in [0.1, 0.15) is 0 Å². The summed E-state index contributed by atoms with van der Waals surface area (Å²) in [5.41, 5.74) is 9.21. The lowest BCUT2D eigenvalue weighted by Crippen LogP contribution is -2.53. The standard InChI is InChI=1S/C14H22N2/c1-11-6-4-5-7-12(11)16-9-8-14(2,3)13(15)10-16/h4-7,13H,8-10,15H2,1-3H3. The molecule has 0 saturated carbocycles. The van der Waals surface area contributed by atoms with E-state index in [1.807, 2.05) is 0 Å². The molecule has 16 heavy (non-hydrogen) atoms. The Hall–Kier alpha value is -1.02. The molecule has 0 spiro atoms. The van der Waals surface area contributed by atoms with Gasteiger partial charge >= 0.3 is 0 Å². The molecule has 1 aliphatic rings. The Balaban J connectivity index is 2.17. The van der Waals surface area contributed by atoms with Crippen molar-refractivity contribution in [1.29, 1.82) is 0 Å². The van der Waals surface area contributed by atoms with Gasteiger partial charge in [-0.25, -0.2) is 0 Å². The zero-order valence-electron chi connectivity index (χ0n) is 10.5. The number of piperidine rings is 1. The zero-order valence-corrected chi connectivity index (χ0v) is 10.5. The molecule has 2 nitrogen and oxygen atoms in total. The lowest BCUT2D eigenvalue weighted by atomic mass is 9.78. The average Bonchev–Trinajstić information content (AvgIpc) is 2.23. The highest BCUT2D eigenvalue weighted by molar-refractivity contribution is 5.53. The maximum Gasteiger partial charge on any atom is 0.0396 e. The summed E-state index contributed by atoms with van der Waals surface area (Å²) < 4.78 is 0. The van der Waals surface area contributed by atoms with Crippen molar-refractivity contribution >= 4 is 5.69 Å². The van der Waals surface area contributed by atoms with E-state index in [0.717, 1.165) is 13.1 Å². The van der Waals surface area contributed by atoms with Crippen LogP contribution in [0.1, 0.15) is 25.8 Å². The van der Waals surface area contributed by atoms with Gasteiger partial charge in [0.15, 0.2) is 0 Å². The van der Waals surface area contributed by atoms with Crippen LogP contribution in [0.15, 0.2) is 24.3 Å². The number of benzene rings is 1. The molecule has 1 saturated heterocycles. The molecule has 0 aliphatic carbocycles. The van der Waals surface area contributed by atoms with Crippen LogP contribution in [0.4, 0.5) is 5.69 Å². The Morgan fingerprint density at radius 3 is 2.62 bits per heavy atom. The molecule has 1 aromatic carbocycles. The van der Waals surface area contributed by atoms with E-state index in [0.29, 0.717) is 0 Å². The minimum atomic E-state index is 0.265. The van der Waals surface area contributed by atoms with Crippen molar-refractivity contribution in [2.45, 2.75) is 33.2 Å². The molecule has 0 bridgehead atoms. The minimum absolute atomic E-state index is 0.265. The van der Waals surface area contributed by atoms with E-state index in [1.165, 1.54) is 17.7 Å². The third-order valence-corrected chi connectivity index (χ3v) is 3.90. The second-order valence-corrected chi connectivity index (χ2v) is 5.58. The van der Waals surface area contributed by atoms with Crippen LogP contribution in [0.25, 0.3) is 0 Å². The van der Waals surface area contributed by atoms with Gasteiger partial charge in [-0.3, -0.25) is 0 Å². The molecule has 1 aromatic rings. The third-order valence-electron chi connectivity index (χ3n) is 3.90. The van der Waals surface area contributed by atoms with Crippen LogP contribution < -0.4 is 10.6 Å². The second kappa shape index (κ2) is 4.10. The van der Waals surface area contributed by atoms with E-state index in [1.54, 1.807) is 0 Å². The van der Waals surface area contributed by atoms with E-state index < -0.39 is 0 Å². The van der Waals surface area contributed by atoms with Gasteiger partial charge in [-0.05, 0) is 30.4 Å². The number of rotatable bonds is 1. The SMILES string of the molecule is Cc1ccccc1N1CCC(C)(C)C(N)C1. The Kier molecular flexibility index (Phi) is 2.94. The van der Waals surface area contributed by atoms with Gasteiger partial charge in [0, 0.05) is 24.8 Å². The fourth-order valence-corrected chi connectivity index (χ4v) is 2.32. The van der Waals surface area contributed by atoms with Gasteiger partial charge in [0.25, 0.3) is 0 Å². The Labute approximate surface area is 98.4 Å². The van der Waals surface area contributed by atoms with E-state index in [9.17, 15) is 0 Å². The molecule has 1 atom stereocenters. The number of hydrogen-bond acceptors (Lipinski definition) is 2. The maximum absolute atomic E-state index is 6.25. The molecular formula is C14H22N2. The van der Waals surface area contributed by atoms with Gasteiger partial charge in [0.05, 0.1) is 0 Å². The molecule has 2 heteroatoms. The summed E-state index contributed by atoms with van der Waals surface area (Å²) in [5.74, 6) is 0. The van der Waals surface area contributed by atoms with E-state index in [2.05, 4.69) is 49.9 Å². The number of nitrogens with zero attached hydrogens (tertiary/aromatic N) is 1. The van der Waals surface area contributed by atoms with Crippen molar-refractivity contribution in [3.8, 4) is 0 Å². The van der Waals surface area contributed by atoms with E-state index in [4.69, 9.17) is 5.73 Å².